The van der Waals surface area contributed by atoms with Crippen LogP contribution in [0.1, 0.15) is 5.56 Å². The maximum atomic E-state index is 9.23. The van der Waals surface area contributed by atoms with Crippen LogP contribution < -0.4 is 14.2 Å². The molecular formula is C10H13IO4. The first-order chi connectivity index (χ1) is 7.19. The first-order valence-electron chi connectivity index (χ1n) is 4.27. The van der Waals surface area contributed by atoms with Gasteiger partial charge >= 0.3 is 0 Å². The van der Waals surface area contributed by atoms with E-state index in [-0.39, 0.29) is 6.61 Å². The van der Waals surface area contributed by atoms with Gasteiger partial charge < -0.3 is 19.3 Å². The number of ether oxygens (including phenoxy) is 3. The van der Waals surface area contributed by atoms with Crippen LogP contribution in [0.3, 0.4) is 0 Å². The van der Waals surface area contributed by atoms with Crippen LogP contribution in [-0.2, 0) is 6.61 Å². The molecular weight excluding hydrogens is 311 g/mol. The van der Waals surface area contributed by atoms with Crippen LogP contribution in [0.25, 0.3) is 0 Å². The Morgan fingerprint density at radius 3 is 2.13 bits per heavy atom. The lowest BCUT2D eigenvalue weighted by atomic mass is 10.2. The lowest BCUT2D eigenvalue weighted by Gasteiger charge is -2.16. The predicted molar refractivity (Wildman–Crippen MR) is 64.7 cm³/mol. The molecule has 1 N–H and O–H groups in total. The normalized spacial score (nSPS) is 9.93. The fourth-order valence-corrected chi connectivity index (χ4v) is 2.03. The molecule has 1 aromatic carbocycles. The molecule has 0 radical (unpaired) electrons. The van der Waals surface area contributed by atoms with Gasteiger partial charge in [-0.2, -0.15) is 0 Å². The van der Waals surface area contributed by atoms with E-state index in [1.54, 1.807) is 13.2 Å². The van der Waals surface area contributed by atoms with E-state index in [1.807, 2.05) is 0 Å². The average Bonchev–Trinajstić information content (AvgIpc) is 2.27. The molecule has 0 aliphatic heterocycles. The van der Waals surface area contributed by atoms with Gasteiger partial charge in [0.05, 0.1) is 27.9 Å². The molecule has 0 aromatic heterocycles. The molecule has 1 rings (SSSR count). The SMILES string of the molecule is COc1cc(I)c(CO)c(OC)c1OC. The van der Waals surface area contributed by atoms with Gasteiger partial charge in [-0.15, -0.1) is 0 Å². The standard InChI is InChI=1S/C10H13IO4/c1-13-8-4-7(11)6(5-12)9(14-2)10(8)15-3/h4,12H,5H2,1-3H3. The van der Waals surface area contributed by atoms with Crippen molar-refractivity contribution in [3.63, 3.8) is 0 Å². The van der Waals surface area contributed by atoms with Crippen LogP contribution >= 0.6 is 22.6 Å². The van der Waals surface area contributed by atoms with E-state index < -0.39 is 0 Å². The summed E-state index contributed by atoms with van der Waals surface area (Å²) in [5, 5.41) is 9.23. The molecule has 4 nitrogen and oxygen atoms in total. The van der Waals surface area contributed by atoms with E-state index in [0.717, 1.165) is 3.57 Å². The van der Waals surface area contributed by atoms with Crippen molar-refractivity contribution in [3.8, 4) is 17.2 Å². The molecule has 5 heteroatoms. The smallest absolute Gasteiger partial charge is 0.203 e. The monoisotopic (exact) mass is 324 g/mol. The van der Waals surface area contributed by atoms with Gasteiger partial charge in [-0.3, -0.25) is 0 Å². The summed E-state index contributed by atoms with van der Waals surface area (Å²) in [6.45, 7) is -0.0954. The highest BCUT2D eigenvalue weighted by atomic mass is 127. The zero-order valence-electron chi connectivity index (χ0n) is 8.83. The summed E-state index contributed by atoms with van der Waals surface area (Å²) in [4.78, 5) is 0. The molecule has 0 fully saturated rings. The Balaban J connectivity index is 3.44. The minimum absolute atomic E-state index is 0.0954. The molecule has 0 atom stereocenters. The van der Waals surface area contributed by atoms with Crippen molar-refractivity contribution in [1.29, 1.82) is 0 Å². The molecule has 84 valence electrons. The summed E-state index contributed by atoms with van der Waals surface area (Å²) in [6.07, 6.45) is 0. The molecule has 15 heavy (non-hydrogen) atoms. The van der Waals surface area contributed by atoms with Crippen molar-refractivity contribution in [3.05, 3.63) is 15.2 Å². The van der Waals surface area contributed by atoms with E-state index in [1.165, 1.54) is 14.2 Å². The van der Waals surface area contributed by atoms with Crippen LogP contribution in [0.5, 0.6) is 17.2 Å². The van der Waals surface area contributed by atoms with E-state index in [2.05, 4.69) is 22.6 Å². The van der Waals surface area contributed by atoms with Gasteiger partial charge in [0.25, 0.3) is 0 Å². The Labute approximate surface area is 102 Å². The second kappa shape index (κ2) is 5.41. The van der Waals surface area contributed by atoms with Crippen LogP contribution in [-0.4, -0.2) is 26.4 Å². The van der Waals surface area contributed by atoms with Crippen molar-refractivity contribution in [2.24, 2.45) is 0 Å². The van der Waals surface area contributed by atoms with E-state index in [4.69, 9.17) is 14.2 Å². The highest BCUT2D eigenvalue weighted by Gasteiger charge is 2.18. The van der Waals surface area contributed by atoms with Gasteiger partial charge in [-0.1, -0.05) is 0 Å². The third-order valence-corrected chi connectivity index (χ3v) is 3.00. The van der Waals surface area contributed by atoms with Crippen LogP contribution in [0.2, 0.25) is 0 Å². The lowest BCUT2D eigenvalue weighted by Crippen LogP contribution is -2.01. The van der Waals surface area contributed by atoms with Gasteiger partial charge in [0, 0.05) is 9.13 Å². The molecule has 0 aliphatic rings. The summed E-state index contributed by atoms with van der Waals surface area (Å²) in [5.41, 5.74) is 0.704. The van der Waals surface area contributed by atoms with Gasteiger partial charge in [0.15, 0.2) is 11.5 Å². The van der Waals surface area contributed by atoms with Gasteiger partial charge in [0.2, 0.25) is 5.75 Å². The molecule has 0 heterocycles. The van der Waals surface area contributed by atoms with E-state index in [9.17, 15) is 5.11 Å². The predicted octanol–water partition coefficient (Wildman–Crippen LogP) is 1.81. The van der Waals surface area contributed by atoms with Crippen molar-refractivity contribution < 1.29 is 19.3 Å². The number of halogens is 1. The Hall–Kier alpha value is -0.690. The summed E-state index contributed by atoms with van der Waals surface area (Å²) in [5.74, 6) is 1.61. The Kier molecular flexibility index (Phi) is 4.46. The molecule has 1 aromatic rings. The molecule has 0 amide bonds. The van der Waals surface area contributed by atoms with Crippen molar-refractivity contribution in [1.82, 2.24) is 0 Å². The summed E-state index contributed by atoms with van der Waals surface area (Å²) < 4.78 is 16.4. The van der Waals surface area contributed by atoms with Crippen LogP contribution in [0.15, 0.2) is 6.07 Å². The van der Waals surface area contributed by atoms with Crippen molar-refractivity contribution in [2.75, 3.05) is 21.3 Å². The Morgan fingerprint density at radius 2 is 1.73 bits per heavy atom. The van der Waals surface area contributed by atoms with E-state index in [0.29, 0.717) is 22.8 Å². The highest BCUT2D eigenvalue weighted by molar-refractivity contribution is 14.1. The third-order valence-electron chi connectivity index (χ3n) is 2.04. The van der Waals surface area contributed by atoms with Crippen LogP contribution in [0, 0.1) is 3.57 Å². The number of benzene rings is 1. The van der Waals surface area contributed by atoms with Gasteiger partial charge in [-0.25, -0.2) is 0 Å². The minimum atomic E-state index is -0.0954. The Morgan fingerprint density at radius 1 is 1.13 bits per heavy atom. The van der Waals surface area contributed by atoms with Crippen molar-refractivity contribution in [2.45, 2.75) is 6.61 Å². The molecule has 0 saturated carbocycles. The van der Waals surface area contributed by atoms with Crippen LogP contribution in [0.4, 0.5) is 0 Å². The number of hydrogen-bond acceptors (Lipinski definition) is 4. The Bertz CT molecular complexity index is 352. The highest BCUT2D eigenvalue weighted by Crippen LogP contribution is 2.42. The molecule has 0 aliphatic carbocycles. The van der Waals surface area contributed by atoms with Gasteiger partial charge in [-0.05, 0) is 28.7 Å². The summed E-state index contributed by atoms with van der Waals surface area (Å²) >= 11 is 2.12. The maximum Gasteiger partial charge on any atom is 0.203 e. The topological polar surface area (TPSA) is 47.9 Å². The average molecular weight is 324 g/mol. The van der Waals surface area contributed by atoms with Crippen molar-refractivity contribution >= 4 is 22.6 Å². The molecule has 0 bridgehead atoms. The number of aliphatic hydroxyl groups is 1. The second-order valence-corrected chi connectivity index (χ2v) is 3.93. The lowest BCUT2D eigenvalue weighted by molar-refractivity contribution is 0.266. The summed E-state index contributed by atoms with van der Waals surface area (Å²) in [7, 11) is 4.63. The fraction of sp³-hybridized carbons (Fsp3) is 0.400. The number of aliphatic hydroxyl groups excluding tert-OH is 1. The number of methoxy groups -OCH3 is 3. The fourth-order valence-electron chi connectivity index (χ4n) is 1.33. The quantitative estimate of drug-likeness (QED) is 0.858. The third kappa shape index (κ3) is 2.28. The van der Waals surface area contributed by atoms with Gasteiger partial charge in [0.1, 0.15) is 0 Å². The first kappa shape index (κ1) is 12.4. The zero-order valence-corrected chi connectivity index (χ0v) is 11.0. The minimum Gasteiger partial charge on any atom is -0.493 e. The molecule has 0 unspecified atom stereocenters. The molecule has 0 saturated heterocycles. The zero-order chi connectivity index (χ0) is 11.4. The second-order valence-electron chi connectivity index (χ2n) is 2.76. The van der Waals surface area contributed by atoms with E-state index >= 15 is 0 Å². The number of hydrogen-bond donors (Lipinski definition) is 1. The largest absolute Gasteiger partial charge is 0.493 e. The number of rotatable bonds is 4. The summed E-state index contributed by atoms with van der Waals surface area (Å²) in [6, 6.07) is 1.80. The maximum absolute atomic E-state index is 9.23. The molecule has 0 spiro atoms. The first-order valence-corrected chi connectivity index (χ1v) is 5.35.